The van der Waals surface area contributed by atoms with Gasteiger partial charge in [-0.05, 0) is 12.1 Å². The maximum Gasteiger partial charge on any atom is 0.295 e. The zero-order valence-corrected chi connectivity index (χ0v) is 9.20. The van der Waals surface area contributed by atoms with Gasteiger partial charge >= 0.3 is 0 Å². The van der Waals surface area contributed by atoms with Gasteiger partial charge in [0, 0.05) is 6.42 Å². The molecule has 1 amide bonds. The summed E-state index contributed by atoms with van der Waals surface area (Å²) in [5, 5.41) is 8.77. The van der Waals surface area contributed by atoms with Crippen molar-refractivity contribution in [2.24, 2.45) is 0 Å². The molecule has 6 heteroatoms. The van der Waals surface area contributed by atoms with Crippen molar-refractivity contribution in [2.75, 3.05) is 5.32 Å². The molecule has 0 aliphatic rings. The average molecular weight is 234 g/mol. The van der Waals surface area contributed by atoms with Crippen molar-refractivity contribution >= 4 is 11.6 Å². The second kappa shape index (κ2) is 4.73. The van der Waals surface area contributed by atoms with E-state index in [0.29, 0.717) is 12.2 Å². The number of amides is 1. The molecule has 2 N–H and O–H groups in total. The van der Waals surface area contributed by atoms with E-state index in [0.717, 1.165) is 0 Å². The third-order valence-corrected chi connectivity index (χ3v) is 2.19. The fourth-order valence-electron chi connectivity index (χ4n) is 1.30. The summed E-state index contributed by atoms with van der Waals surface area (Å²) in [6.45, 7) is 1.89. The van der Waals surface area contributed by atoms with Gasteiger partial charge in [0.05, 0.1) is 5.69 Å². The molecule has 0 unspecified atom stereocenters. The summed E-state index contributed by atoms with van der Waals surface area (Å²) in [5.74, 6) is -0.410. The summed E-state index contributed by atoms with van der Waals surface area (Å²) in [7, 11) is 0. The van der Waals surface area contributed by atoms with Crippen molar-refractivity contribution < 1.29 is 9.18 Å². The molecule has 1 aromatic heterocycles. The van der Waals surface area contributed by atoms with Crippen LogP contribution >= 0.6 is 0 Å². The monoisotopic (exact) mass is 234 g/mol. The molecule has 0 fully saturated rings. The Morgan fingerprint density at radius 2 is 2.24 bits per heavy atom. The van der Waals surface area contributed by atoms with Crippen LogP contribution in [0.1, 0.15) is 23.4 Å². The summed E-state index contributed by atoms with van der Waals surface area (Å²) >= 11 is 0. The first-order valence-corrected chi connectivity index (χ1v) is 5.18. The highest BCUT2D eigenvalue weighted by Crippen LogP contribution is 2.12. The Hall–Kier alpha value is -2.24. The van der Waals surface area contributed by atoms with Crippen molar-refractivity contribution in [3.05, 3.63) is 41.7 Å². The van der Waals surface area contributed by atoms with Gasteiger partial charge in [-0.25, -0.2) is 9.37 Å². The summed E-state index contributed by atoms with van der Waals surface area (Å²) < 4.78 is 13.3. The fraction of sp³-hybridized carbons (Fsp3) is 0.182. The van der Waals surface area contributed by atoms with Crippen molar-refractivity contribution in [1.82, 2.24) is 15.2 Å². The van der Waals surface area contributed by atoms with E-state index in [1.807, 2.05) is 6.92 Å². The zero-order valence-electron chi connectivity index (χ0n) is 9.20. The van der Waals surface area contributed by atoms with Crippen LogP contribution in [0.15, 0.2) is 24.3 Å². The molecule has 0 spiro atoms. The second-order valence-electron chi connectivity index (χ2n) is 3.39. The fourth-order valence-corrected chi connectivity index (χ4v) is 1.30. The Morgan fingerprint density at radius 3 is 2.88 bits per heavy atom. The van der Waals surface area contributed by atoms with Crippen LogP contribution in [-0.2, 0) is 6.42 Å². The standard InChI is InChI=1S/C11H11FN4O/c1-2-9-14-10(16-15-9)11(17)13-8-6-4-3-5-7(8)12/h3-6H,2H2,1H3,(H,13,17)(H,14,15,16). The zero-order chi connectivity index (χ0) is 12.3. The molecule has 0 bridgehead atoms. The number of nitrogens with one attached hydrogen (secondary N) is 2. The Bertz CT molecular complexity index is 538. The van der Waals surface area contributed by atoms with E-state index in [1.54, 1.807) is 12.1 Å². The highest BCUT2D eigenvalue weighted by Gasteiger charge is 2.13. The number of aryl methyl sites for hydroxylation is 1. The Labute approximate surface area is 97.1 Å². The van der Waals surface area contributed by atoms with Crippen molar-refractivity contribution in [2.45, 2.75) is 13.3 Å². The van der Waals surface area contributed by atoms with Crippen LogP contribution in [0, 0.1) is 5.82 Å². The maximum absolute atomic E-state index is 13.3. The first kappa shape index (κ1) is 11.3. The third-order valence-electron chi connectivity index (χ3n) is 2.19. The minimum absolute atomic E-state index is 0.00473. The van der Waals surface area contributed by atoms with E-state index in [2.05, 4.69) is 20.5 Å². The summed E-state index contributed by atoms with van der Waals surface area (Å²) in [6.07, 6.45) is 0.653. The lowest BCUT2D eigenvalue weighted by molar-refractivity contribution is 0.101. The van der Waals surface area contributed by atoms with Crippen molar-refractivity contribution in [3.63, 3.8) is 0 Å². The number of halogens is 1. The smallest absolute Gasteiger partial charge is 0.295 e. The van der Waals surface area contributed by atoms with E-state index in [-0.39, 0.29) is 11.5 Å². The van der Waals surface area contributed by atoms with Crippen molar-refractivity contribution in [1.29, 1.82) is 0 Å². The van der Waals surface area contributed by atoms with Crippen LogP contribution in [0.25, 0.3) is 0 Å². The first-order chi connectivity index (χ1) is 8.20. The number of carbonyl (C=O) groups is 1. The van der Waals surface area contributed by atoms with E-state index in [9.17, 15) is 9.18 Å². The Kier molecular flexibility index (Phi) is 3.13. The lowest BCUT2D eigenvalue weighted by Gasteiger charge is -2.02. The van der Waals surface area contributed by atoms with Gasteiger partial charge in [0.25, 0.3) is 5.91 Å². The number of carbonyl (C=O) groups excluding carboxylic acids is 1. The Balaban J connectivity index is 2.14. The average Bonchev–Trinajstić information content (AvgIpc) is 2.81. The molecule has 0 saturated heterocycles. The molecule has 0 radical (unpaired) electrons. The molecule has 0 aliphatic heterocycles. The highest BCUT2D eigenvalue weighted by atomic mass is 19.1. The van der Waals surface area contributed by atoms with Crippen LogP contribution in [0.5, 0.6) is 0 Å². The quantitative estimate of drug-likeness (QED) is 0.850. The predicted molar refractivity (Wildman–Crippen MR) is 60.1 cm³/mol. The van der Waals surface area contributed by atoms with Gasteiger partial charge in [0.1, 0.15) is 11.6 Å². The van der Waals surface area contributed by atoms with Crippen LogP contribution in [0.3, 0.4) is 0 Å². The van der Waals surface area contributed by atoms with Gasteiger partial charge in [-0.15, -0.1) is 5.10 Å². The minimum atomic E-state index is -0.536. The number of H-pyrrole nitrogens is 1. The highest BCUT2D eigenvalue weighted by molar-refractivity contribution is 6.01. The maximum atomic E-state index is 13.3. The SMILES string of the molecule is CCc1nc(C(=O)Nc2ccccc2F)n[nH]1. The van der Waals surface area contributed by atoms with Gasteiger partial charge in [0.15, 0.2) is 0 Å². The van der Waals surface area contributed by atoms with E-state index in [1.165, 1.54) is 12.1 Å². The van der Waals surface area contributed by atoms with Gasteiger partial charge in [-0.3, -0.25) is 9.89 Å². The molecule has 88 valence electrons. The number of rotatable bonds is 3. The molecule has 1 heterocycles. The number of para-hydroxylation sites is 1. The van der Waals surface area contributed by atoms with E-state index >= 15 is 0 Å². The molecule has 0 aliphatic carbocycles. The summed E-state index contributed by atoms with van der Waals surface area (Å²) in [5.41, 5.74) is 0.111. The van der Waals surface area contributed by atoms with Crippen LogP contribution in [-0.4, -0.2) is 21.1 Å². The first-order valence-electron chi connectivity index (χ1n) is 5.18. The number of aromatic nitrogens is 3. The summed E-state index contributed by atoms with van der Waals surface area (Å²) in [4.78, 5) is 15.6. The largest absolute Gasteiger partial charge is 0.317 e. The molecule has 2 rings (SSSR count). The normalized spacial score (nSPS) is 10.2. The van der Waals surface area contributed by atoms with Gasteiger partial charge in [-0.1, -0.05) is 19.1 Å². The lowest BCUT2D eigenvalue weighted by Crippen LogP contribution is -2.14. The molecular weight excluding hydrogens is 223 g/mol. The minimum Gasteiger partial charge on any atom is -0.317 e. The number of aromatic amines is 1. The molecule has 5 nitrogen and oxygen atoms in total. The second-order valence-corrected chi connectivity index (χ2v) is 3.39. The van der Waals surface area contributed by atoms with Gasteiger partial charge in [-0.2, -0.15) is 0 Å². The van der Waals surface area contributed by atoms with Crippen LogP contribution in [0.4, 0.5) is 10.1 Å². The number of hydrogen-bond acceptors (Lipinski definition) is 3. The number of anilines is 1. The molecule has 2 aromatic rings. The lowest BCUT2D eigenvalue weighted by atomic mass is 10.3. The van der Waals surface area contributed by atoms with Crippen LogP contribution < -0.4 is 5.32 Å². The molecule has 0 atom stereocenters. The van der Waals surface area contributed by atoms with E-state index in [4.69, 9.17) is 0 Å². The molecule has 0 saturated carbocycles. The molecule has 17 heavy (non-hydrogen) atoms. The van der Waals surface area contributed by atoms with E-state index < -0.39 is 11.7 Å². The van der Waals surface area contributed by atoms with Crippen molar-refractivity contribution in [3.8, 4) is 0 Å². The molecular formula is C11H11FN4O. The number of nitrogens with zero attached hydrogens (tertiary/aromatic N) is 2. The summed E-state index contributed by atoms with van der Waals surface area (Å²) in [6, 6.07) is 5.92. The van der Waals surface area contributed by atoms with Gasteiger partial charge in [0.2, 0.25) is 5.82 Å². The number of hydrogen-bond donors (Lipinski definition) is 2. The molecule has 1 aromatic carbocycles. The third kappa shape index (κ3) is 2.47. The van der Waals surface area contributed by atoms with Gasteiger partial charge < -0.3 is 5.32 Å². The predicted octanol–water partition coefficient (Wildman–Crippen LogP) is 1.76. The topological polar surface area (TPSA) is 70.7 Å². The van der Waals surface area contributed by atoms with Crippen LogP contribution in [0.2, 0.25) is 0 Å². The number of benzene rings is 1. The Morgan fingerprint density at radius 1 is 1.47 bits per heavy atom.